The van der Waals surface area contributed by atoms with Crippen LogP contribution in [0.15, 0.2) is 24.3 Å². The summed E-state index contributed by atoms with van der Waals surface area (Å²) in [6.07, 6.45) is 0.970. The second-order valence-corrected chi connectivity index (χ2v) is 4.58. The van der Waals surface area contributed by atoms with Gasteiger partial charge in [0.25, 0.3) is 0 Å². The van der Waals surface area contributed by atoms with Crippen molar-refractivity contribution in [2.24, 2.45) is 0 Å². The highest BCUT2D eigenvalue weighted by molar-refractivity contribution is 5.78. The highest BCUT2D eigenvalue weighted by atomic mass is 16.2. The number of nitrogens with zero attached hydrogens (tertiary/aromatic N) is 2. The third-order valence-electron chi connectivity index (χ3n) is 3.23. The number of nitrogen functional groups attached to an aromatic ring is 1. The number of carbonyl (C=O) groups excluding carboxylic acids is 1. The number of anilines is 1. The van der Waals surface area contributed by atoms with E-state index in [9.17, 15) is 4.79 Å². The van der Waals surface area contributed by atoms with Gasteiger partial charge in [0.05, 0.1) is 6.54 Å². The Morgan fingerprint density at radius 1 is 1.24 bits per heavy atom. The van der Waals surface area contributed by atoms with Gasteiger partial charge in [0.2, 0.25) is 5.91 Å². The summed E-state index contributed by atoms with van der Waals surface area (Å²) in [5, 5.41) is 0. The second kappa shape index (κ2) is 5.19. The molecule has 4 heteroatoms. The SMILES string of the molecule is CN1CCN(CCc2ccc(N)cc2)CC1=O. The minimum atomic E-state index is 0.216. The van der Waals surface area contributed by atoms with E-state index in [0.717, 1.165) is 31.7 Å². The van der Waals surface area contributed by atoms with E-state index in [1.807, 2.05) is 31.3 Å². The van der Waals surface area contributed by atoms with E-state index < -0.39 is 0 Å². The van der Waals surface area contributed by atoms with Gasteiger partial charge in [-0.3, -0.25) is 9.69 Å². The minimum Gasteiger partial charge on any atom is -0.399 e. The number of rotatable bonds is 3. The molecular weight excluding hydrogens is 214 g/mol. The van der Waals surface area contributed by atoms with Crippen molar-refractivity contribution >= 4 is 11.6 Å². The summed E-state index contributed by atoms with van der Waals surface area (Å²) in [7, 11) is 1.86. The number of piperazine rings is 1. The first-order valence-corrected chi connectivity index (χ1v) is 5.96. The van der Waals surface area contributed by atoms with Crippen LogP contribution in [0.25, 0.3) is 0 Å². The first-order valence-electron chi connectivity index (χ1n) is 5.96. The smallest absolute Gasteiger partial charge is 0.236 e. The van der Waals surface area contributed by atoms with E-state index in [4.69, 9.17) is 5.73 Å². The molecule has 17 heavy (non-hydrogen) atoms. The molecule has 0 spiro atoms. The average molecular weight is 233 g/mol. The number of likely N-dealkylation sites (N-methyl/N-ethyl adjacent to an activating group) is 1. The zero-order chi connectivity index (χ0) is 12.3. The van der Waals surface area contributed by atoms with E-state index in [2.05, 4.69) is 4.90 Å². The number of benzene rings is 1. The molecule has 1 amide bonds. The van der Waals surface area contributed by atoms with Crippen molar-refractivity contribution in [3.8, 4) is 0 Å². The van der Waals surface area contributed by atoms with Gasteiger partial charge < -0.3 is 10.6 Å². The van der Waals surface area contributed by atoms with Gasteiger partial charge in [0.15, 0.2) is 0 Å². The monoisotopic (exact) mass is 233 g/mol. The molecule has 4 nitrogen and oxygen atoms in total. The average Bonchev–Trinajstić information content (AvgIpc) is 2.33. The Hall–Kier alpha value is -1.55. The first-order chi connectivity index (χ1) is 8.15. The molecular formula is C13H19N3O. The lowest BCUT2D eigenvalue weighted by atomic mass is 10.1. The Kier molecular flexibility index (Phi) is 3.64. The van der Waals surface area contributed by atoms with Crippen LogP contribution in [0.3, 0.4) is 0 Å². The van der Waals surface area contributed by atoms with Gasteiger partial charge in [-0.2, -0.15) is 0 Å². The summed E-state index contributed by atoms with van der Waals surface area (Å²) in [5.41, 5.74) is 7.70. The molecule has 1 aromatic carbocycles. The Labute approximate surface area is 102 Å². The molecule has 1 aromatic rings. The summed E-state index contributed by atoms with van der Waals surface area (Å²) in [5.74, 6) is 0.216. The summed E-state index contributed by atoms with van der Waals surface area (Å²) in [6.45, 7) is 3.28. The van der Waals surface area contributed by atoms with Crippen LogP contribution in [0, 0.1) is 0 Å². The second-order valence-electron chi connectivity index (χ2n) is 4.58. The lowest BCUT2D eigenvalue weighted by Crippen LogP contribution is -2.48. The van der Waals surface area contributed by atoms with Gasteiger partial charge in [-0.15, -0.1) is 0 Å². The van der Waals surface area contributed by atoms with Crippen molar-refractivity contribution in [1.82, 2.24) is 9.80 Å². The third kappa shape index (κ3) is 3.20. The molecule has 2 N–H and O–H groups in total. The van der Waals surface area contributed by atoms with Crippen molar-refractivity contribution in [1.29, 1.82) is 0 Å². The topological polar surface area (TPSA) is 49.6 Å². The molecule has 1 saturated heterocycles. The van der Waals surface area contributed by atoms with Crippen LogP contribution in [0.2, 0.25) is 0 Å². The molecule has 0 aromatic heterocycles. The lowest BCUT2D eigenvalue weighted by molar-refractivity contribution is -0.134. The van der Waals surface area contributed by atoms with E-state index >= 15 is 0 Å². The van der Waals surface area contributed by atoms with Crippen molar-refractivity contribution in [2.45, 2.75) is 6.42 Å². The van der Waals surface area contributed by atoms with E-state index in [-0.39, 0.29) is 5.91 Å². The molecule has 0 radical (unpaired) electrons. The fourth-order valence-corrected chi connectivity index (χ4v) is 1.97. The molecule has 2 rings (SSSR count). The van der Waals surface area contributed by atoms with E-state index in [1.165, 1.54) is 5.56 Å². The molecule has 1 aliphatic heterocycles. The number of amides is 1. The summed E-state index contributed by atoms with van der Waals surface area (Å²) in [6, 6.07) is 7.94. The quantitative estimate of drug-likeness (QED) is 0.777. The van der Waals surface area contributed by atoms with Gasteiger partial charge in [-0.25, -0.2) is 0 Å². The molecule has 1 fully saturated rings. The molecule has 0 atom stereocenters. The number of hydrogen-bond donors (Lipinski definition) is 1. The Bertz CT molecular complexity index is 388. The Morgan fingerprint density at radius 2 is 1.94 bits per heavy atom. The largest absolute Gasteiger partial charge is 0.399 e. The molecule has 92 valence electrons. The van der Waals surface area contributed by atoms with Crippen LogP contribution >= 0.6 is 0 Å². The van der Waals surface area contributed by atoms with Gasteiger partial charge in [0, 0.05) is 32.4 Å². The Balaban J connectivity index is 1.82. The highest BCUT2D eigenvalue weighted by Gasteiger charge is 2.20. The van der Waals surface area contributed by atoms with Crippen LogP contribution in [0.1, 0.15) is 5.56 Å². The van der Waals surface area contributed by atoms with Crippen LogP contribution < -0.4 is 5.73 Å². The Morgan fingerprint density at radius 3 is 2.59 bits per heavy atom. The molecule has 0 aliphatic carbocycles. The standard InChI is InChI=1S/C13H19N3O/c1-15-8-9-16(10-13(15)17)7-6-11-2-4-12(14)5-3-11/h2-5H,6-10,14H2,1H3. The number of carbonyl (C=O) groups is 1. The maximum atomic E-state index is 11.5. The maximum Gasteiger partial charge on any atom is 0.236 e. The minimum absolute atomic E-state index is 0.216. The van der Waals surface area contributed by atoms with Crippen LogP contribution in [0.5, 0.6) is 0 Å². The molecule has 0 bridgehead atoms. The van der Waals surface area contributed by atoms with Crippen LogP contribution in [0.4, 0.5) is 5.69 Å². The zero-order valence-corrected chi connectivity index (χ0v) is 10.2. The number of hydrogen-bond acceptors (Lipinski definition) is 3. The van der Waals surface area contributed by atoms with Gasteiger partial charge >= 0.3 is 0 Å². The molecule has 0 unspecified atom stereocenters. The van der Waals surface area contributed by atoms with Gasteiger partial charge in [0.1, 0.15) is 0 Å². The van der Waals surface area contributed by atoms with Crippen molar-refractivity contribution in [2.75, 3.05) is 39.0 Å². The van der Waals surface area contributed by atoms with Crippen molar-refractivity contribution in [3.05, 3.63) is 29.8 Å². The fraction of sp³-hybridized carbons (Fsp3) is 0.462. The third-order valence-corrected chi connectivity index (χ3v) is 3.23. The fourth-order valence-electron chi connectivity index (χ4n) is 1.97. The molecule has 1 heterocycles. The highest BCUT2D eigenvalue weighted by Crippen LogP contribution is 2.08. The summed E-state index contributed by atoms with van der Waals surface area (Å²) >= 11 is 0. The predicted molar refractivity (Wildman–Crippen MR) is 68.6 cm³/mol. The van der Waals surface area contributed by atoms with Gasteiger partial charge in [-0.05, 0) is 24.1 Å². The van der Waals surface area contributed by atoms with Crippen molar-refractivity contribution in [3.63, 3.8) is 0 Å². The first kappa shape index (κ1) is 11.9. The molecule has 1 aliphatic rings. The normalized spacial score (nSPS) is 17.5. The van der Waals surface area contributed by atoms with Gasteiger partial charge in [-0.1, -0.05) is 12.1 Å². The lowest BCUT2D eigenvalue weighted by Gasteiger charge is -2.31. The van der Waals surface area contributed by atoms with Crippen LogP contribution in [-0.4, -0.2) is 48.9 Å². The van der Waals surface area contributed by atoms with E-state index in [1.54, 1.807) is 4.90 Å². The van der Waals surface area contributed by atoms with Crippen LogP contribution in [-0.2, 0) is 11.2 Å². The predicted octanol–water partition coefficient (Wildman–Crippen LogP) is 0.585. The zero-order valence-electron chi connectivity index (χ0n) is 10.2. The number of nitrogens with two attached hydrogens (primary N) is 1. The maximum absolute atomic E-state index is 11.5. The summed E-state index contributed by atoms with van der Waals surface area (Å²) in [4.78, 5) is 15.5. The van der Waals surface area contributed by atoms with E-state index in [0.29, 0.717) is 6.54 Å². The summed E-state index contributed by atoms with van der Waals surface area (Å²) < 4.78 is 0. The molecule has 0 saturated carbocycles. The van der Waals surface area contributed by atoms with Crippen molar-refractivity contribution < 1.29 is 4.79 Å².